The van der Waals surface area contributed by atoms with Gasteiger partial charge in [-0.05, 0) is 63.9 Å². The molecule has 0 spiro atoms. The van der Waals surface area contributed by atoms with Crippen molar-refractivity contribution in [3.63, 3.8) is 0 Å². The first kappa shape index (κ1) is 26.2. The van der Waals surface area contributed by atoms with E-state index in [1.807, 2.05) is 13.8 Å². The normalized spacial score (nSPS) is 20.5. The molecule has 2 heterocycles. The summed E-state index contributed by atoms with van der Waals surface area (Å²) in [6.45, 7) is 8.80. The molecule has 1 aliphatic heterocycles. The average Bonchev–Trinajstić information content (AvgIpc) is 3.22. The number of allylic oxidation sites excluding steroid dienone is 2. The monoisotopic (exact) mass is 483 g/mol. The Kier molecular flexibility index (Phi) is 8.35. The zero-order valence-electron chi connectivity index (χ0n) is 20.3. The fourth-order valence-electron chi connectivity index (χ4n) is 4.27. The van der Waals surface area contributed by atoms with Gasteiger partial charge in [-0.3, -0.25) is 4.90 Å². The average molecular weight is 484 g/mol. The molecule has 188 valence electrons. The first-order valence-corrected chi connectivity index (χ1v) is 11.5. The lowest BCUT2D eigenvalue weighted by atomic mass is 9.92. The van der Waals surface area contributed by atoms with Crippen molar-refractivity contribution in [2.45, 2.75) is 71.5 Å². The van der Waals surface area contributed by atoms with E-state index in [2.05, 4.69) is 25.7 Å². The van der Waals surface area contributed by atoms with Crippen LogP contribution in [0.4, 0.5) is 23.2 Å². The summed E-state index contributed by atoms with van der Waals surface area (Å²) in [5.74, 6) is 0.407. The molecule has 1 saturated heterocycles. The third-order valence-corrected chi connectivity index (χ3v) is 6.26. The van der Waals surface area contributed by atoms with E-state index in [-0.39, 0.29) is 28.9 Å². The van der Waals surface area contributed by atoms with Crippen LogP contribution in [0.2, 0.25) is 0 Å². The number of nitrogens with one attached hydrogen (secondary N) is 2. The number of likely N-dealkylation sites (tertiary alicyclic amines) is 1. The van der Waals surface area contributed by atoms with Gasteiger partial charge >= 0.3 is 6.18 Å². The van der Waals surface area contributed by atoms with Gasteiger partial charge in [-0.15, -0.1) is 0 Å². The smallest absolute Gasteiger partial charge is 0.379 e. The molecule has 0 saturated carbocycles. The van der Waals surface area contributed by atoms with Gasteiger partial charge in [-0.1, -0.05) is 17.3 Å². The summed E-state index contributed by atoms with van der Waals surface area (Å²) in [6.07, 6.45) is -6.03. The summed E-state index contributed by atoms with van der Waals surface area (Å²) < 4.78 is 60.7. The molecule has 0 radical (unpaired) electrons. The van der Waals surface area contributed by atoms with Gasteiger partial charge in [-0.25, -0.2) is 4.39 Å². The Balaban J connectivity index is 1.94. The Morgan fingerprint density at radius 2 is 2.03 bits per heavy atom. The Bertz CT molecular complexity index is 1000. The molecule has 2 atom stereocenters. The Hall–Kier alpha value is -2.46. The summed E-state index contributed by atoms with van der Waals surface area (Å²) in [5, 5.41) is 9.99. The first-order valence-electron chi connectivity index (χ1n) is 11.5. The van der Waals surface area contributed by atoms with Crippen molar-refractivity contribution < 1.29 is 22.1 Å². The molecule has 2 N–H and O–H groups in total. The zero-order valence-corrected chi connectivity index (χ0v) is 20.3. The van der Waals surface area contributed by atoms with Crippen molar-refractivity contribution in [2.24, 2.45) is 0 Å². The fourth-order valence-corrected chi connectivity index (χ4v) is 4.27. The maximum atomic E-state index is 14.9. The number of rotatable bonds is 8. The topological polar surface area (TPSA) is 66.2 Å². The van der Waals surface area contributed by atoms with Gasteiger partial charge in [0, 0.05) is 30.4 Å². The Morgan fingerprint density at radius 1 is 1.29 bits per heavy atom. The van der Waals surface area contributed by atoms with E-state index in [4.69, 9.17) is 4.52 Å². The molecule has 34 heavy (non-hydrogen) atoms. The summed E-state index contributed by atoms with van der Waals surface area (Å²) in [4.78, 5) is 6.31. The van der Waals surface area contributed by atoms with Crippen LogP contribution in [-0.2, 0) is 6.54 Å². The van der Waals surface area contributed by atoms with Gasteiger partial charge in [-0.2, -0.15) is 18.2 Å². The van der Waals surface area contributed by atoms with E-state index in [0.717, 1.165) is 6.54 Å². The molecule has 0 bridgehead atoms. The van der Waals surface area contributed by atoms with Crippen LogP contribution >= 0.6 is 0 Å². The molecule has 0 aliphatic carbocycles. The molecule has 1 aliphatic rings. The number of hydrogen-bond donors (Lipinski definition) is 2. The highest BCUT2D eigenvalue weighted by Gasteiger charge is 2.33. The predicted molar refractivity (Wildman–Crippen MR) is 125 cm³/mol. The minimum atomic E-state index is -4.43. The SMILES string of the molecule is CNCc1nc(/C(C)=C(\CC(F)(F)F)c2cccc(NC3CCN(C(C)C)CC3F)c2C)no1. The molecule has 1 aromatic carbocycles. The largest absolute Gasteiger partial charge is 0.393 e. The maximum Gasteiger partial charge on any atom is 0.393 e. The number of piperidine rings is 1. The van der Waals surface area contributed by atoms with Crippen LogP contribution in [0.25, 0.3) is 11.1 Å². The van der Waals surface area contributed by atoms with Gasteiger partial charge in [0.15, 0.2) is 5.82 Å². The molecule has 1 aromatic heterocycles. The maximum absolute atomic E-state index is 14.9. The lowest BCUT2D eigenvalue weighted by Gasteiger charge is -2.38. The highest BCUT2D eigenvalue weighted by Crippen LogP contribution is 2.38. The number of alkyl halides is 4. The van der Waals surface area contributed by atoms with Crippen molar-refractivity contribution in [1.82, 2.24) is 20.4 Å². The molecular formula is C24H33F4N5O. The van der Waals surface area contributed by atoms with Crippen LogP contribution in [-0.4, -0.2) is 59.6 Å². The van der Waals surface area contributed by atoms with E-state index < -0.39 is 24.8 Å². The summed E-state index contributed by atoms with van der Waals surface area (Å²) >= 11 is 0. The standard InChI is InChI=1S/C24H33F4N5O/c1-14(2)33-10-9-21(19(25)13-33)30-20-8-6-7-17(15(20)3)18(11-24(26,27)28)16(4)23-31-22(12-29-5)34-32-23/h6-8,14,19,21,29-30H,9-13H2,1-5H3/b18-16+. The van der Waals surface area contributed by atoms with E-state index in [1.165, 1.54) is 0 Å². The van der Waals surface area contributed by atoms with Gasteiger partial charge in [0.2, 0.25) is 5.89 Å². The number of halogens is 4. The van der Waals surface area contributed by atoms with Crippen LogP contribution in [0, 0.1) is 6.92 Å². The zero-order chi connectivity index (χ0) is 25.0. The van der Waals surface area contributed by atoms with E-state index in [0.29, 0.717) is 36.3 Å². The van der Waals surface area contributed by atoms with E-state index in [9.17, 15) is 17.6 Å². The van der Waals surface area contributed by atoms with Crippen LogP contribution < -0.4 is 10.6 Å². The number of aromatic nitrogens is 2. The number of benzene rings is 1. The van der Waals surface area contributed by atoms with Crippen molar-refractivity contribution >= 4 is 16.8 Å². The molecule has 6 nitrogen and oxygen atoms in total. The molecule has 0 amide bonds. The van der Waals surface area contributed by atoms with Crippen molar-refractivity contribution in [3.05, 3.63) is 41.0 Å². The highest BCUT2D eigenvalue weighted by atomic mass is 19.4. The first-order chi connectivity index (χ1) is 16.0. The highest BCUT2D eigenvalue weighted by molar-refractivity contribution is 5.90. The molecule has 1 fully saturated rings. The van der Waals surface area contributed by atoms with Crippen molar-refractivity contribution in [3.8, 4) is 0 Å². The molecule has 3 rings (SSSR count). The third kappa shape index (κ3) is 6.35. The lowest BCUT2D eigenvalue weighted by molar-refractivity contribution is -0.122. The lowest BCUT2D eigenvalue weighted by Crippen LogP contribution is -2.50. The Labute approximate surface area is 197 Å². The quantitative estimate of drug-likeness (QED) is 0.503. The second-order valence-electron chi connectivity index (χ2n) is 9.06. The van der Waals surface area contributed by atoms with Crippen LogP contribution in [0.3, 0.4) is 0 Å². The predicted octanol–water partition coefficient (Wildman–Crippen LogP) is 5.21. The van der Waals surface area contributed by atoms with Crippen LogP contribution in [0.5, 0.6) is 0 Å². The molecule has 2 aromatic rings. The van der Waals surface area contributed by atoms with Gasteiger partial charge in [0.25, 0.3) is 0 Å². The van der Waals surface area contributed by atoms with Crippen LogP contribution in [0.1, 0.15) is 56.5 Å². The minimum absolute atomic E-state index is 0.0666. The fraction of sp³-hybridized carbons (Fsp3) is 0.583. The Morgan fingerprint density at radius 3 is 2.65 bits per heavy atom. The molecule has 10 heteroatoms. The second-order valence-corrected chi connectivity index (χ2v) is 9.06. The van der Waals surface area contributed by atoms with Crippen LogP contribution in [0.15, 0.2) is 22.7 Å². The number of anilines is 1. The third-order valence-electron chi connectivity index (χ3n) is 6.26. The van der Waals surface area contributed by atoms with Gasteiger partial charge in [0.1, 0.15) is 6.17 Å². The number of hydrogen-bond acceptors (Lipinski definition) is 6. The number of nitrogens with zero attached hydrogens (tertiary/aromatic N) is 3. The van der Waals surface area contributed by atoms with Gasteiger partial charge in [0.05, 0.1) is 19.0 Å². The van der Waals surface area contributed by atoms with Gasteiger partial charge < -0.3 is 15.2 Å². The summed E-state index contributed by atoms with van der Waals surface area (Å²) in [6, 6.07) is 4.98. The summed E-state index contributed by atoms with van der Waals surface area (Å²) in [7, 11) is 1.71. The van der Waals surface area contributed by atoms with E-state index in [1.54, 1.807) is 39.1 Å². The van der Waals surface area contributed by atoms with Crippen molar-refractivity contribution in [2.75, 3.05) is 25.5 Å². The minimum Gasteiger partial charge on any atom is -0.379 e. The van der Waals surface area contributed by atoms with Crippen molar-refractivity contribution in [1.29, 1.82) is 0 Å². The van der Waals surface area contributed by atoms with E-state index >= 15 is 0 Å². The molecule has 2 unspecified atom stereocenters. The second kappa shape index (κ2) is 10.9. The molecular weight excluding hydrogens is 450 g/mol. The summed E-state index contributed by atoms with van der Waals surface area (Å²) in [5.41, 5.74) is 2.03.